The number of allylic oxidation sites excluding steroid dienone is 1. The minimum absolute atomic E-state index is 0.0826. The van der Waals surface area contributed by atoms with Gasteiger partial charge in [-0.15, -0.1) is 0 Å². The lowest BCUT2D eigenvalue weighted by Gasteiger charge is -2.11. The van der Waals surface area contributed by atoms with E-state index >= 15 is 0 Å². The summed E-state index contributed by atoms with van der Waals surface area (Å²) in [7, 11) is -0.822. The number of hydrogen-bond donors (Lipinski definition) is 2. The number of ketones is 1. The standard InChI is InChI=1S/C26H24N4O5S/c1-34-24-13-8-19(18-25(24)35-2)23(31)14-16-27-20-9-11-22(12-10-20)36(32,33)29-26-15-17-28-30(26)21-6-4-3-5-7-21/h3-18,27,29H,1-2H3/b16-14-. The Bertz CT molecular complexity index is 1480. The first kappa shape index (κ1) is 24.6. The molecule has 0 atom stereocenters. The highest BCUT2D eigenvalue weighted by molar-refractivity contribution is 7.92. The lowest BCUT2D eigenvalue weighted by atomic mass is 10.1. The monoisotopic (exact) mass is 504 g/mol. The number of carbonyl (C=O) groups excluding carboxylic acids is 1. The molecule has 4 rings (SSSR count). The Balaban J connectivity index is 1.41. The van der Waals surface area contributed by atoms with E-state index in [9.17, 15) is 13.2 Å². The number of benzene rings is 3. The van der Waals surface area contributed by atoms with Crippen LogP contribution in [0.15, 0.2) is 102 Å². The zero-order chi connectivity index (χ0) is 25.5. The Hall–Kier alpha value is -4.57. The number of methoxy groups -OCH3 is 2. The fraction of sp³-hybridized carbons (Fsp3) is 0.0769. The van der Waals surface area contributed by atoms with Crippen molar-refractivity contribution in [1.29, 1.82) is 0 Å². The Morgan fingerprint density at radius 2 is 1.64 bits per heavy atom. The highest BCUT2D eigenvalue weighted by Gasteiger charge is 2.17. The molecule has 0 amide bonds. The summed E-state index contributed by atoms with van der Waals surface area (Å²) in [5, 5.41) is 7.16. The number of rotatable bonds is 10. The van der Waals surface area contributed by atoms with Crippen LogP contribution in [0, 0.1) is 0 Å². The molecule has 3 aromatic carbocycles. The summed E-state index contributed by atoms with van der Waals surface area (Å²) in [5.74, 6) is 1.08. The van der Waals surface area contributed by atoms with Crippen LogP contribution in [0.1, 0.15) is 10.4 Å². The summed E-state index contributed by atoms with van der Waals surface area (Å²) in [5.41, 5.74) is 1.78. The lowest BCUT2D eigenvalue weighted by Crippen LogP contribution is -2.15. The average molecular weight is 505 g/mol. The van der Waals surface area contributed by atoms with Crippen LogP contribution in [0.5, 0.6) is 11.5 Å². The molecule has 0 fully saturated rings. The van der Waals surface area contributed by atoms with Crippen molar-refractivity contribution < 1.29 is 22.7 Å². The highest BCUT2D eigenvalue weighted by Crippen LogP contribution is 2.28. The number of hydrogen-bond acceptors (Lipinski definition) is 7. The van der Waals surface area contributed by atoms with E-state index in [1.807, 2.05) is 30.3 Å². The number of nitrogens with one attached hydrogen (secondary N) is 2. The van der Waals surface area contributed by atoms with Crippen molar-refractivity contribution in [2.45, 2.75) is 4.90 Å². The molecule has 0 bridgehead atoms. The molecule has 0 radical (unpaired) electrons. The number of nitrogens with zero attached hydrogens (tertiary/aromatic N) is 2. The second kappa shape index (κ2) is 10.8. The summed E-state index contributed by atoms with van der Waals surface area (Å²) in [6.07, 6.45) is 4.38. The number of para-hydroxylation sites is 1. The minimum Gasteiger partial charge on any atom is -0.493 e. The Labute approximate surface area is 209 Å². The fourth-order valence-electron chi connectivity index (χ4n) is 3.38. The molecule has 0 aliphatic carbocycles. The predicted molar refractivity (Wildman–Crippen MR) is 137 cm³/mol. The maximum atomic E-state index is 12.9. The smallest absolute Gasteiger partial charge is 0.263 e. The van der Waals surface area contributed by atoms with Gasteiger partial charge >= 0.3 is 0 Å². The lowest BCUT2D eigenvalue weighted by molar-refractivity contribution is 0.104. The Kier molecular flexibility index (Phi) is 7.36. The van der Waals surface area contributed by atoms with E-state index in [1.165, 1.54) is 49.5 Å². The summed E-state index contributed by atoms with van der Waals surface area (Å²) >= 11 is 0. The summed E-state index contributed by atoms with van der Waals surface area (Å²) in [6.45, 7) is 0. The van der Waals surface area contributed by atoms with Crippen LogP contribution in [0.3, 0.4) is 0 Å². The van der Waals surface area contributed by atoms with Gasteiger partial charge in [0.25, 0.3) is 10.0 Å². The van der Waals surface area contributed by atoms with Gasteiger partial charge in [0.1, 0.15) is 5.82 Å². The van der Waals surface area contributed by atoms with E-state index in [-0.39, 0.29) is 10.7 Å². The van der Waals surface area contributed by atoms with Crippen LogP contribution < -0.4 is 19.5 Å². The highest BCUT2D eigenvalue weighted by atomic mass is 32.2. The largest absolute Gasteiger partial charge is 0.493 e. The first-order chi connectivity index (χ1) is 17.4. The third-order valence-corrected chi connectivity index (χ3v) is 6.57. The van der Waals surface area contributed by atoms with E-state index in [0.29, 0.717) is 28.6 Å². The van der Waals surface area contributed by atoms with E-state index in [2.05, 4.69) is 15.1 Å². The molecule has 0 saturated heterocycles. The summed E-state index contributed by atoms with van der Waals surface area (Å²) in [4.78, 5) is 12.5. The molecule has 36 heavy (non-hydrogen) atoms. The molecule has 9 nitrogen and oxygen atoms in total. The van der Waals surface area contributed by atoms with Crippen molar-refractivity contribution in [2.24, 2.45) is 0 Å². The van der Waals surface area contributed by atoms with Gasteiger partial charge < -0.3 is 14.8 Å². The third-order valence-electron chi connectivity index (χ3n) is 5.20. The van der Waals surface area contributed by atoms with Crippen LogP contribution in [0.2, 0.25) is 0 Å². The molecular weight excluding hydrogens is 480 g/mol. The molecule has 0 saturated carbocycles. The van der Waals surface area contributed by atoms with E-state index in [1.54, 1.807) is 36.4 Å². The van der Waals surface area contributed by atoms with Crippen LogP contribution in [-0.2, 0) is 10.0 Å². The molecule has 1 aromatic heterocycles. The van der Waals surface area contributed by atoms with Gasteiger partial charge in [0.15, 0.2) is 17.3 Å². The molecule has 4 aromatic rings. The summed E-state index contributed by atoms with van der Waals surface area (Å²) < 4.78 is 40.3. The molecule has 0 spiro atoms. The van der Waals surface area contributed by atoms with Crippen molar-refractivity contribution in [3.05, 3.63) is 103 Å². The fourth-order valence-corrected chi connectivity index (χ4v) is 4.42. The van der Waals surface area contributed by atoms with Gasteiger partial charge in [0, 0.05) is 29.6 Å². The maximum absolute atomic E-state index is 12.9. The van der Waals surface area contributed by atoms with Crippen LogP contribution in [0.25, 0.3) is 5.69 Å². The first-order valence-electron chi connectivity index (χ1n) is 10.8. The number of aromatic nitrogens is 2. The third kappa shape index (κ3) is 5.56. The van der Waals surface area contributed by atoms with E-state index in [4.69, 9.17) is 9.47 Å². The van der Waals surface area contributed by atoms with Gasteiger partial charge in [-0.05, 0) is 54.6 Å². The van der Waals surface area contributed by atoms with Crippen LogP contribution in [-0.4, -0.2) is 38.2 Å². The molecule has 0 aliphatic rings. The quantitative estimate of drug-likeness (QED) is 0.242. The molecular formula is C26H24N4O5S. The maximum Gasteiger partial charge on any atom is 0.263 e. The van der Waals surface area contributed by atoms with Gasteiger partial charge in [0.05, 0.1) is 31.0 Å². The number of carbonyl (C=O) groups is 1. The zero-order valence-electron chi connectivity index (χ0n) is 19.6. The van der Waals surface area contributed by atoms with E-state index in [0.717, 1.165) is 5.69 Å². The number of sulfonamides is 1. The zero-order valence-corrected chi connectivity index (χ0v) is 20.4. The van der Waals surface area contributed by atoms with Crippen molar-refractivity contribution in [1.82, 2.24) is 9.78 Å². The van der Waals surface area contributed by atoms with Crippen LogP contribution >= 0.6 is 0 Å². The van der Waals surface area contributed by atoms with Crippen molar-refractivity contribution >= 4 is 27.3 Å². The van der Waals surface area contributed by atoms with Gasteiger partial charge in [0.2, 0.25) is 0 Å². The minimum atomic E-state index is -3.85. The van der Waals surface area contributed by atoms with Crippen molar-refractivity contribution in [3.8, 4) is 17.2 Å². The Morgan fingerprint density at radius 1 is 0.917 bits per heavy atom. The van der Waals surface area contributed by atoms with Gasteiger partial charge in [-0.1, -0.05) is 18.2 Å². The summed E-state index contributed by atoms with van der Waals surface area (Å²) in [6, 6.07) is 21.9. The molecule has 10 heteroatoms. The number of ether oxygens (including phenoxy) is 2. The molecule has 1 heterocycles. The van der Waals surface area contributed by atoms with Crippen molar-refractivity contribution in [3.63, 3.8) is 0 Å². The van der Waals surface area contributed by atoms with E-state index < -0.39 is 10.0 Å². The van der Waals surface area contributed by atoms with Gasteiger partial charge in [-0.2, -0.15) is 5.10 Å². The molecule has 184 valence electrons. The number of anilines is 2. The van der Waals surface area contributed by atoms with Crippen LogP contribution in [0.4, 0.5) is 11.5 Å². The predicted octanol–water partition coefficient (Wildman–Crippen LogP) is 4.50. The average Bonchev–Trinajstić information content (AvgIpc) is 3.36. The second-order valence-corrected chi connectivity index (χ2v) is 9.19. The van der Waals surface area contributed by atoms with Gasteiger partial charge in [-0.25, -0.2) is 13.1 Å². The SMILES string of the molecule is COc1ccc(C(=O)/C=C\Nc2ccc(S(=O)(=O)Nc3ccnn3-c3ccccc3)cc2)cc1OC. The van der Waals surface area contributed by atoms with Gasteiger partial charge in [-0.3, -0.25) is 9.52 Å². The Morgan fingerprint density at radius 3 is 2.33 bits per heavy atom. The molecule has 2 N–H and O–H groups in total. The normalized spacial score (nSPS) is 11.3. The first-order valence-corrected chi connectivity index (χ1v) is 12.3. The molecule has 0 aliphatic heterocycles. The molecule has 0 unspecified atom stereocenters. The topological polar surface area (TPSA) is 112 Å². The second-order valence-electron chi connectivity index (χ2n) is 7.51. The van der Waals surface area contributed by atoms with Crippen molar-refractivity contribution in [2.75, 3.05) is 24.3 Å².